The van der Waals surface area contributed by atoms with Crippen molar-refractivity contribution in [1.29, 1.82) is 0 Å². The quantitative estimate of drug-likeness (QED) is 0.419. The van der Waals surface area contributed by atoms with Crippen LogP contribution in [0.1, 0.15) is 75.7 Å². The van der Waals surface area contributed by atoms with Crippen molar-refractivity contribution in [3.63, 3.8) is 0 Å². The molecule has 0 heterocycles. The normalized spacial score (nSPS) is 27.4. The van der Waals surface area contributed by atoms with Crippen LogP contribution in [0.2, 0.25) is 5.02 Å². The predicted octanol–water partition coefficient (Wildman–Crippen LogP) is 9.62. The summed E-state index contributed by atoms with van der Waals surface area (Å²) < 4.78 is 0. The molecule has 2 heteroatoms. The Kier molecular flexibility index (Phi) is 7.96. The summed E-state index contributed by atoms with van der Waals surface area (Å²) in [5.41, 5.74) is 5.73. The van der Waals surface area contributed by atoms with Crippen LogP contribution in [0, 0.1) is 17.8 Å². The van der Waals surface area contributed by atoms with Gasteiger partial charge in [-0.3, -0.25) is 0 Å². The predicted molar refractivity (Wildman–Crippen MR) is 131 cm³/mol. The lowest BCUT2D eigenvalue weighted by Crippen LogP contribution is -2.25. The zero-order chi connectivity index (χ0) is 20.8. The zero-order valence-corrected chi connectivity index (χ0v) is 19.4. The standard InChI is InChI=1S/C28H34Cl2/c29-20-2-1-3-21-4-6-22(7-5-21)23-8-10-24(11-9-23)25-12-14-26(15-13-25)27-16-18-28(30)19-17-27/h2,12-24H,1,3-11H2. The molecule has 2 fully saturated rings. The van der Waals surface area contributed by atoms with E-state index >= 15 is 0 Å². The Bertz CT molecular complexity index is 790. The molecule has 4 rings (SSSR count). The zero-order valence-electron chi connectivity index (χ0n) is 17.9. The van der Waals surface area contributed by atoms with Crippen molar-refractivity contribution in [2.45, 2.75) is 70.1 Å². The summed E-state index contributed by atoms with van der Waals surface area (Å²) in [5, 5.41) is 0.795. The Balaban J connectivity index is 1.25. The van der Waals surface area contributed by atoms with E-state index < -0.39 is 0 Å². The number of hydrogen-bond donors (Lipinski definition) is 0. The van der Waals surface area contributed by atoms with E-state index in [4.69, 9.17) is 23.2 Å². The maximum absolute atomic E-state index is 6.02. The van der Waals surface area contributed by atoms with Crippen LogP contribution in [0.4, 0.5) is 0 Å². The molecule has 30 heavy (non-hydrogen) atoms. The minimum Gasteiger partial charge on any atom is -0.0933 e. The maximum atomic E-state index is 6.02. The summed E-state index contributed by atoms with van der Waals surface area (Å²) in [6.07, 6.45) is 16.0. The first-order valence-electron chi connectivity index (χ1n) is 11.8. The third-order valence-corrected chi connectivity index (χ3v) is 8.15. The van der Waals surface area contributed by atoms with Crippen LogP contribution < -0.4 is 0 Å². The van der Waals surface area contributed by atoms with Gasteiger partial charge in [0.1, 0.15) is 0 Å². The van der Waals surface area contributed by atoms with Crippen molar-refractivity contribution in [2.75, 3.05) is 0 Å². The maximum Gasteiger partial charge on any atom is 0.0406 e. The molecule has 160 valence electrons. The molecule has 2 saturated carbocycles. The second-order valence-electron chi connectivity index (χ2n) is 9.46. The average Bonchev–Trinajstić information content (AvgIpc) is 2.81. The van der Waals surface area contributed by atoms with Gasteiger partial charge in [0, 0.05) is 10.6 Å². The van der Waals surface area contributed by atoms with Crippen LogP contribution >= 0.6 is 23.2 Å². The van der Waals surface area contributed by atoms with Crippen LogP contribution in [0.15, 0.2) is 60.1 Å². The van der Waals surface area contributed by atoms with E-state index in [1.807, 2.05) is 12.1 Å². The Labute approximate surface area is 192 Å². The van der Waals surface area contributed by atoms with Crippen molar-refractivity contribution < 1.29 is 0 Å². The van der Waals surface area contributed by atoms with Gasteiger partial charge in [0.2, 0.25) is 0 Å². The Hall–Kier alpha value is -1.24. The molecule has 0 spiro atoms. The molecule has 0 unspecified atom stereocenters. The molecule has 0 nitrogen and oxygen atoms in total. The summed E-state index contributed by atoms with van der Waals surface area (Å²) >= 11 is 11.7. The molecule has 0 radical (unpaired) electrons. The Morgan fingerprint density at radius 1 is 0.700 bits per heavy atom. The first-order valence-corrected chi connectivity index (χ1v) is 12.7. The van der Waals surface area contributed by atoms with Gasteiger partial charge in [0.25, 0.3) is 0 Å². The summed E-state index contributed by atoms with van der Waals surface area (Å²) in [6.45, 7) is 0. The summed E-state index contributed by atoms with van der Waals surface area (Å²) in [7, 11) is 0. The molecule has 0 amide bonds. The molecule has 0 atom stereocenters. The smallest absolute Gasteiger partial charge is 0.0406 e. The van der Waals surface area contributed by atoms with E-state index in [0.29, 0.717) is 0 Å². The monoisotopic (exact) mass is 440 g/mol. The van der Waals surface area contributed by atoms with Gasteiger partial charge < -0.3 is 0 Å². The number of allylic oxidation sites excluding steroid dienone is 1. The van der Waals surface area contributed by atoms with Crippen LogP contribution in [0.25, 0.3) is 11.1 Å². The van der Waals surface area contributed by atoms with Gasteiger partial charge in [-0.25, -0.2) is 0 Å². The molecule has 2 aliphatic rings. The molecule has 2 aliphatic carbocycles. The van der Waals surface area contributed by atoms with Gasteiger partial charge >= 0.3 is 0 Å². The molecule has 2 aromatic rings. The van der Waals surface area contributed by atoms with Gasteiger partial charge in [-0.2, -0.15) is 0 Å². The largest absolute Gasteiger partial charge is 0.0933 e. The number of halogens is 2. The fourth-order valence-corrected chi connectivity index (χ4v) is 6.11. The second-order valence-corrected chi connectivity index (χ2v) is 10.1. The fraction of sp³-hybridized carbons (Fsp3) is 0.500. The highest BCUT2D eigenvalue weighted by Crippen LogP contribution is 2.44. The topological polar surface area (TPSA) is 0 Å². The van der Waals surface area contributed by atoms with Crippen LogP contribution in [-0.2, 0) is 0 Å². The molecular formula is C28H34Cl2. The summed E-state index contributed by atoms with van der Waals surface area (Å²) in [4.78, 5) is 0. The average molecular weight is 441 g/mol. The van der Waals surface area contributed by atoms with Crippen molar-refractivity contribution in [1.82, 2.24) is 0 Å². The van der Waals surface area contributed by atoms with Crippen molar-refractivity contribution >= 4 is 23.2 Å². The lowest BCUT2D eigenvalue weighted by molar-refractivity contribution is 0.157. The minimum absolute atomic E-state index is 0.749. The lowest BCUT2D eigenvalue weighted by Gasteiger charge is -2.38. The van der Waals surface area contributed by atoms with Gasteiger partial charge in [-0.05, 0) is 104 Å². The Morgan fingerprint density at radius 3 is 1.80 bits per heavy atom. The van der Waals surface area contributed by atoms with Gasteiger partial charge in [0.05, 0.1) is 0 Å². The van der Waals surface area contributed by atoms with E-state index in [2.05, 4.69) is 42.5 Å². The van der Waals surface area contributed by atoms with E-state index in [1.165, 1.54) is 74.5 Å². The molecule has 0 bridgehead atoms. The van der Waals surface area contributed by atoms with E-state index in [1.54, 1.807) is 5.54 Å². The van der Waals surface area contributed by atoms with Gasteiger partial charge in [-0.15, -0.1) is 0 Å². The Morgan fingerprint density at radius 2 is 1.23 bits per heavy atom. The van der Waals surface area contributed by atoms with Gasteiger partial charge in [0.15, 0.2) is 0 Å². The molecule has 0 aliphatic heterocycles. The molecular weight excluding hydrogens is 407 g/mol. The first kappa shape index (κ1) is 22.0. The van der Waals surface area contributed by atoms with Crippen molar-refractivity contribution in [2.24, 2.45) is 17.8 Å². The highest BCUT2D eigenvalue weighted by Gasteiger charge is 2.31. The van der Waals surface area contributed by atoms with Crippen molar-refractivity contribution in [3.8, 4) is 11.1 Å². The van der Waals surface area contributed by atoms with Crippen LogP contribution in [0.3, 0.4) is 0 Å². The summed E-state index contributed by atoms with van der Waals surface area (Å²) in [5.74, 6) is 3.64. The second kappa shape index (κ2) is 10.9. The SMILES string of the molecule is ClC=CCCC1CCC(C2CCC(c3ccc(-c4ccc(Cl)cc4)cc3)CC2)CC1. The van der Waals surface area contributed by atoms with E-state index in [-0.39, 0.29) is 0 Å². The number of rotatable bonds is 6. The number of benzene rings is 2. The van der Waals surface area contributed by atoms with Crippen LogP contribution in [0.5, 0.6) is 0 Å². The molecule has 0 aromatic heterocycles. The highest BCUT2D eigenvalue weighted by molar-refractivity contribution is 6.30. The van der Waals surface area contributed by atoms with Gasteiger partial charge in [-0.1, -0.05) is 78.5 Å². The highest BCUT2D eigenvalue weighted by atomic mass is 35.5. The molecule has 2 aromatic carbocycles. The van der Waals surface area contributed by atoms with Crippen molar-refractivity contribution in [3.05, 3.63) is 70.7 Å². The number of hydrogen-bond acceptors (Lipinski definition) is 0. The first-order chi connectivity index (χ1) is 14.7. The van der Waals surface area contributed by atoms with Crippen LogP contribution in [-0.4, -0.2) is 0 Å². The summed E-state index contributed by atoms with van der Waals surface area (Å²) in [6, 6.07) is 17.4. The third-order valence-electron chi connectivity index (χ3n) is 7.72. The third kappa shape index (κ3) is 5.71. The molecule has 0 N–H and O–H groups in total. The molecule has 0 saturated heterocycles. The minimum atomic E-state index is 0.749. The fourth-order valence-electron chi connectivity index (χ4n) is 5.86. The van der Waals surface area contributed by atoms with E-state index in [9.17, 15) is 0 Å². The van der Waals surface area contributed by atoms with E-state index in [0.717, 1.165) is 35.1 Å². The lowest BCUT2D eigenvalue weighted by atomic mass is 9.68.